The predicted octanol–water partition coefficient (Wildman–Crippen LogP) is 3.19. The number of hydrogen-bond acceptors (Lipinski definition) is 4. The number of ether oxygens (including phenoxy) is 1. The maximum Gasteiger partial charge on any atom is 0.292 e. The first-order valence-corrected chi connectivity index (χ1v) is 5.95. The Hall–Kier alpha value is -2.27. The summed E-state index contributed by atoms with van der Waals surface area (Å²) in [5.74, 6) is 1.28. The lowest BCUT2D eigenvalue weighted by molar-refractivity contribution is 0.411. The summed E-state index contributed by atoms with van der Waals surface area (Å²) in [6.07, 6.45) is 5.14. The zero-order valence-electron chi connectivity index (χ0n) is 10.1. The minimum absolute atomic E-state index is 0.116. The Kier molecular flexibility index (Phi) is 2.97. The van der Waals surface area contributed by atoms with Crippen LogP contribution in [0.5, 0.6) is 5.75 Å². The maximum absolute atomic E-state index is 5.67. The van der Waals surface area contributed by atoms with E-state index in [0.29, 0.717) is 11.5 Å². The smallest absolute Gasteiger partial charge is 0.292 e. The molecule has 6 heteroatoms. The Balaban J connectivity index is 2.07. The predicted molar refractivity (Wildman–Crippen MR) is 70.6 cm³/mol. The first-order valence-electron chi connectivity index (χ1n) is 5.57. The van der Waals surface area contributed by atoms with Gasteiger partial charge in [-0.25, -0.2) is 9.67 Å². The molecule has 0 radical (unpaired) electrons. The quantitative estimate of drug-likeness (QED) is 0.737. The van der Waals surface area contributed by atoms with Crippen LogP contribution < -0.4 is 4.74 Å². The number of nitrogens with zero attached hydrogens (tertiary/aromatic N) is 3. The molecule has 0 aliphatic heterocycles. The molecule has 5 nitrogen and oxygen atoms in total. The minimum Gasteiger partial charge on any atom is -0.494 e. The second-order valence-corrected chi connectivity index (χ2v) is 4.14. The summed E-state index contributed by atoms with van der Waals surface area (Å²) in [6, 6.07) is 7.51. The molecule has 0 N–H and O–H groups in total. The van der Waals surface area contributed by atoms with E-state index in [9.17, 15) is 0 Å². The van der Waals surface area contributed by atoms with Gasteiger partial charge in [0, 0.05) is 18.0 Å². The van der Waals surface area contributed by atoms with Gasteiger partial charge in [-0.05, 0) is 35.9 Å². The molecule has 0 saturated carbocycles. The minimum atomic E-state index is 0.116. The first-order chi connectivity index (χ1) is 9.28. The van der Waals surface area contributed by atoms with E-state index in [4.69, 9.17) is 20.8 Å². The standard InChI is InChI=1S/C13H10ClN3O2/c1-18-11-7-9(12-8-15-13(14)19-12)3-4-10(11)17-6-2-5-16-17/h2-8H,1H3. The number of oxazole rings is 1. The molecule has 2 aromatic heterocycles. The van der Waals surface area contributed by atoms with Crippen molar-refractivity contribution >= 4 is 11.6 Å². The van der Waals surface area contributed by atoms with Crippen LogP contribution >= 0.6 is 11.6 Å². The van der Waals surface area contributed by atoms with Gasteiger partial charge >= 0.3 is 0 Å². The third kappa shape index (κ3) is 2.20. The molecule has 1 aromatic carbocycles. The van der Waals surface area contributed by atoms with Crippen LogP contribution in [0.25, 0.3) is 17.0 Å². The van der Waals surface area contributed by atoms with Crippen molar-refractivity contribution in [2.45, 2.75) is 0 Å². The van der Waals surface area contributed by atoms with E-state index in [0.717, 1.165) is 11.3 Å². The average Bonchev–Trinajstić information content (AvgIpc) is 3.09. The molecule has 0 amide bonds. The summed E-state index contributed by atoms with van der Waals surface area (Å²) in [5.41, 5.74) is 1.69. The highest BCUT2D eigenvalue weighted by Crippen LogP contribution is 2.30. The molecule has 2 heterocycles. The van der Waals surface area contributed by atoms with Gasteiger partial charge in [0.2, 0.25) is 0 Å². The average molecular weight is 276 g/mol. The number of methoxy groups -OCH3 is 1. The Morgan fingerprint density at radius 1 is 1.37 bits per heavy atom. The van der Waals surface area contributed by atoms with Gasteiger partial charge in [-0.15, -0.1) is 0 Å². The molecule has 0 saturated heterocycles. The Labute approximate surface area is 114 Å². The van der Waals surface area contributed by atoms with Crippen LogP contribution in [0.3, 0.4) is 0 Å². The Bertz CT molecular complexity index is 692. The van der Waals surface area contributed by atoms with Crippen molar-refractivity contribution in [3.05, 3.63) is 48.2 Å². The van der Waals surface area contributed by atoms with Gasteiger partial charge in [0.1, 0.15) is 11.4 Å². The molecule has 3 rings (SSSR count). The van der Waals surface area contributed by atoms with Crippen molar-refractivity contribution < 1.29 is 9.15 Å². The summed E-state index contributed by atoms with van der Waals surface area (Å²) in [4.78, 5) is 3.86. The first kappa shape index (κ1) is 11.8. The van der Waals surface area contributed by atoms with E-state index < -0.39 is 0 Å². The third-order valence-corrected chi connectivity index (χ3v) is 2.87. The summed E-state index contributed by atoms with van der Waals surface area (Å²) < 4.78 is 12.4. The van der Waals surface area contributed by atoms with E-state index in [2.05, 4.69) is 10.1 Å². The largest absolute Gasteiger partial charge is 0.494 e. The van der Waals surface area contributed by atoms with Gasteiger partial charge in [-0.1, -0.05) is 0 Å². The van der Waals surface area contributed by atoms with Crippen molar-refractivity contribution in [1.82, 2.24) is 14.8 Å². The molecule has 3 aromatic rings. The highest BCUT2D eigenvalue weighted by molar-refractivity contribution is 6.27. The van der Waals surface area contributed by atoms with Crippen LogP contribution in [0.2, 0.25) is 5.35 Å². The zero-order valence-corrected chi connectivity index (χ0v) is 10.8. The molecule has 0 spiro atoms. The Morgan fingerprint density at radius 2 is 2.26 bits per heavy atom. The molecule has 0 aliphatic rings. The van der Waals surface area contributed by atoms with Crippen LogP contribution in [-0.4, -0.2) is 21.9 Å². The lowest BCUT2D eigenvalue weighted by Gasteiger charge is -2.09. The van der Waals surface area contributed by atoms with Gasteiger partial charge in [-0.2, -0.15) is 5.10 Å². The molecule has 0 unspecified atom stereocenters. The summed E-state index contributed by atoms with van der Waals surface area (Å²) in [7, 11) is 1.61. The molecule has 0 bridgehead atoms. The molecule has 0 aliphatic carbocycles. The summed E-state index contributed by atoms with van der Waals surface area (Å²) >= 11 is 5.67. The van der Waals surface area contributed by atoms with Crippen molar-refractivity contribution in [2.75, 3.05) is 7.11 Å². The fourth-order valence-corrected chi connectivity index (χ4v) is 1.95. The van der Waals surface area contributed by atoms with E-state index >= 15 is 0 Å². The van der Waals surface area contributed by atoms with Crippen LogP contribution in [0.15, 0.2) is 47.3 Å². The van der Waals surface area contributed by atoms with Gasteiger partial charge in [0.15, 0.2) is 5.76 Å². The number of aromatic nitrogens is 3. The summed E-state index contributed by atoms with van der Waals surface area (Å²) in [5, 5.41) is 4.30. The van der Waals surface area contributed by atoms with E-state index in [1.165, 1.54) is 0 Å². The van der Waals surface area contributed by atoms with Gasteiger partial charge < -0.3 is 9.15 Å². The topological polar surface area (TPSA) is 53.1 Å². The van der Waals surface area contributed by atoms with Crippen LogP contribution in [0.4, 0.5) is 0 Å². The third-order valence-electron chi connectivity index (χ3n) is 2.69. The Morgan fingerprint density at radius 3 is 2.89 bits per heavy atom. The number of hydrogen-bond donors (Lipinski definition) is 0. The fraction of sp³-hybridized carbons (Fsp3) is 0.0769. The van der Waals surface area contributed by atoms with Crippen molar-refractivity contribution in [3.8, 4) is 22.8 Å². The normalized spacial score (nSPS) is 10.6. The highest BCUT2D eigenvalue weighted by Gasteiger charge is 2.10. The van der Waals surface area contributed by atoms with Gasteiger partial charge in [-0.3, -0.25) is 0 Å². The van der Waals surface area contributed by atoms with Crippen LogP contribution in [0.1, 0.15) is 0 Å². The maximum atomic E-state index is 5.67. The highest BCUT2D eigenvalue weighted by atomic mass is 35.5. The lowest BCUT2D eigenvalue weighted by atomic mass is 10.1. The van der Waals surface area contributed by atoms with Crippen LogP contribution in [0, 0.1) is 0 Å². The van der Waals surface area contributed by atoms with Crippen molar-refractivity contribution in [3.63, 3.8) is 0 Å². The monoisotopic (exact) mass is 275 g/mol. The van der Waals surface area contributed by atoms with E-state index in [1.54, 1.807) is 24.2 Å². The van der Waals surface area contributed by atoms with E-state index in [1.807, 2.05) is 30.5 Å². The van der Waals surface area contributed by atoms with Crippen LogP contribution in [-0.2, 0) is 0 Å². The number of halogens is 1. The number of rotatable bonds is 3. The van der Waals surface area contributed by atoms with E-state index in [-0.39, 0.29) is 5.35 Å². The molecule has 0 atom stereocenters. The SMILES string of the molecule is COc1cc(-c2cnc(Cl)o2)ccc1-n1cccn1. The van der Waals surface area contributed by atoms with Crippen molar-refractivity contribution in [2.24, 2.45) is 0 Å². The molecule has 0 fully saturated rings. The summed E-state index contributed by atoms with van der Waals surface area (Å²) in [6.45, 7) is 0. The molecule has 96 valence electrons. The fourth-order valence-electron chi connectivity index (χ4n) is 1.82. The second kappa shape index (κ2) is 4.78. The number of benzene rings is 1. The molecule has 19 heavy (non-hydrogen) atoms. The second-order valence-electron chi connectivity index (χ2n) is 3.81. The molecular weight excluding hydrogens is 266 g/mol. The van der Waals surface area contributed by atoms with Gasteiger partial charge in [0.25, 0.3) is 5.35 Å². The van der Waals surface area contributed by atoms with Gasteiger partial charge in [0.05, 0.1) is 13.3 Å². The zero-order chi connectivity index (χ0) is 13.2. The molecular formula is C13H10ClN3O2. The van der Waals surface area contributed by atoms with Crippen molar-refractivity contribution in [1.29, 1.82) is 0 Å². The lowest BCUT2D eigenvalue weighted by Crippen LogP contribution is -1.98.